The van der Waals surface area contributed by atoms with Gasteiger partial charge in [0.15, 0.2) is 0 Å². The number of carbonyl (C=O) groups excluding carboxylic acids is 1. The summed E-state index contributed by atoms with van der Waals surface area (Å²) in [5.74, 6) is 1.28. The lowest BCUT2D eigenvalue weighted by molar-refractivity contribution is 0.0612. The molecule has 1 saturated heterocycles. The molecule has 0 saturated carbocycles. The van der Waals surface area contributed by atoms with Crippen LogP contribution in [0, 0.1) is 19.8 Å². The number of nitrogens with zero attached hydrogens (tertiary/aromatic N) is 6. The van der Waals surface area contributed by atoms with Gasteiger partial charge in [0, 0.05) is 44.1 Å². The van der Waals surface area contributed by atoms with Crippen molar-refractivity contribution >= 4 is 11.7 Å². The first-order chi connectivity index (χ1) is 10.9. The van der Waals surface area contributed by atoms with E-state index in [-0.39, 0.29) is 11.7 Å². The number of piperazine rings is 1. The highest BCUT2D eigenvalue weighted by Crippen LogP contribution is 2.10. The third-order valence-corrected chi connectivity index (χ3v) is 4.09. The number of carbonyl (C=O) groups is 1. The predicted octanol–water partition coefficient (Wildman–Crippen LogP) is 1.15. The zero-order valence-corrected chi connectivity index (χ0v) is 14.3. The van der Waals surface area contributed by atoms with E-state index in [1.165, 1.54) is 0 Å². The standard InChI is InChI=1S/C16H24N6O/c1-11(2)10-20-5-7-21(8-6-20)15(23)14-18-16-17-12(3)9-13(4)22(16)19-14/h9,11H,5-8,10H2,1-4H3. The molecule has 3 heterocycles. The van der Waals surface area contributed by atoms with Crippen LogP contribution in [0.15, 0.2) is 6.07 Å². The molecule has 0 aliphatic carbocycles. The molecule has 1 amide bonds. The highest BCUT2D eigenvalue weighted by Gasteiger charge is 2.25. The van der Waals surface area contributed by atoms with Crippen molar-refractivity contribution in [3.8, 4) is 0 Å². The van der Waals surface area contributed by atoms with Crippen LogP contribution in [0.25, 0.3) is 5.78 Å². The van der Waals surface area contributed by atoms with Crippen molar-refractivity contribution < 1.29 is 4.79 Å². The van der Waals surface area contributed by atoms with E-state index in [2.05, 4.69) is 33.8 Å². The van der Waals surface area contributed by atoms with Crippen molar-refractivity contribution in [2.75, 3.05) is 32.7 Å². The fourth-order valence-electron chi connectivity index (χ4n) is 3.05. The molecular weight excluding hydrogens is 292 g/mol. The minimum Gasteiger partial charge on any atom is -0.333 e. The number of hydrogen-bond acceptors (Lipinski definition) is 5. The lowest BCUT2D eigenvalue weighted by Gasteiger charge is -2.34. The summed E-state index contributed by atoms with van der Waals surface area (Å²) in [7, 11) is 0. The Hall–Kier alpha value is -2.02. The Kier molecular flexibility index (Phi) is 4.30. The smallest absolute Gasteiger partial charge is 0.293 e. The molecule has 0 N–H and O–H groups in total. The second kappa shape index (κ2) is 6.23. The Labute approximate surface area is 136 Å². The van der Waals surface area contributed by atoms with Crippen molar-refractivity contribution in [2.45, 2.75) is 27.7 Å². The molecular formula is C16H24N6O. The molecule has 0 spiro atoms. The zero-order valence-electron chi connectivity index (χ0n) is 14.3. The van der Waals surface area contributed by atoms with Gasteiger partial charge in [0.25, 0.3) is 11.7 Å². The fraction of sp³-hybridized carbons (Fsp3) is 0.625. The summed E-state index contributed by atoms with van der Waals surface area (Å²) in [5, 5.41) is 4.33. The number of aryl methyl sites for hydroxylation is 2. The van der Waals surface area contributed by atoms with Gasteiger partial charge in [-0.2, -0.15) is 4.98 Å². The van der Waals surface area contributed by atoms with Gasteiger partial charge in [-0.3, -0.25) is 9.69 Å². The van der Waals surface area contributed by atoms with Crippen molar-refractivity contribution in [3.63, 3.8) is 0 Å². The van der Waals surface area contributed by atoms with Crippen molar-refractivity contribution in [1.29, 1.82) is 0 Å². The first kappa shape index (κ1) is 15.9. The van der Waals surface area contributed by atoms with E-state index in [9.17, 15) is 4.79 Å². The molecule has 2 aromatic rings. The topological polar surface area (TPSA) is 66.6 Å². The second-order valence-corrected chi connectivity index (χ2v) is 6.67. The van der Waals surface area contributed by atoms with Crippen molar-refractivity contribution in [2.24, 2.45) is 5.92 Å². The van der Waals surface area contributed by atoms with Gasteiger partial charge in [-0.1, -0.05) is 13.8 Å². The van der Waals surface area contributed by atoms with Crippen LogP contribution in [-0.2, 0) is 0 Å². The Balaban J connectivity index is 1.73. The van der Waals surface area contributed by atoms with Crippen molar-refractivity contribution in [3.05, 3.63) is 23.3 Å². The third-order valence-electron chi connectivity index (χ3n) is 4.09. The summed E-state index contributed by atoms with van der Waals surface area (Å²) in [5.41, 5.74) is 1.81. The summed E-state index contributed by atoms with van der Waals surface area (Å²) >= 11 is 0. The van der Waals surface area contributed by atoms with Gasteiger partial charge in [-0.15, -0.1) is 5.10 Å². The van der Waals surface area contributed by atoms with Crippen LogP contribution in [0.5, 0.6) is 0 Å². The van der Waals surface area contributed by atoms with E-state index >= 15 is 0 Å². The Morgan fingerprint density at radius 3 is 2.52 bits per heavy atom. The second-order valence-electron chi connectivity index (χ2n) is 6.67. The van der Waals surface area contributed by atoms with Gasteiger partial charge in [0.1, 0.15) is 0 Å². The van der Waals surface area contributed by atoms with Crippen LogP contribution in [0.4, 0.5) is 0 Å². The van der Waals surface area contributed by atoms with Gasteiger partial charge in [0.05, 0.1) is 0 Å². The van der Waals surface area contributed by atoms with Gasteiger partial charge in [0.2, 0.25) is 5.82 Å². The minimum atomic E-state index is -0.100. The number of amides is 1. The minimum absolute atomic E-state index is 0.100. The Morgan fingerprint density at radius 2 is 1.87 bits per heavy atom. The number of rotatable bonds is 3. The molecule has 0 bridgehead atoms. The maximum Gasteiger partial charge on any atom is 0.293 e. The zero-order chi connectivity index (χ0) is 16.6. The molecule has 1 aliphatic rings. The summed E-state index contributed by atoms with van der Waals surface area (Å²) in [6, 6.07) is 1.93. The van der Waals surface area contributed by atoms with Crippen LogP contribution >= 0.6 is 0 Å². The quantitative estimate of drug-likeness (QED) is 0.850. The molecule has 7 nitrogen and oxygen atoms in total. The van der Waals surface area contributed by atoms with Crippen LogP contribution in [-0.4, -0.2) is 68.0 Å². The maximum atomic E-state index is 12.6. The highest BCUT2D eigenvalue weighted by atomic mass is 16.2. The number of fused-ring (bicyclic) bond motifs is 1. The monoisotopic (exact) mass is 316 g/mol. The normalized spacial score (nSPS) is 16.5. The molecule has 0 atom stereocenters. The summed E-state index contributed by atoms with van der Waals surface area (Å²) < 4.78 is 1.63. The molecule has 2 aromatic heterocycles. The third kappa shape index (κ3) is 3.34. The predicted molar refractivity (Wildman–Crippen MR) is 87.4 cm³/mol. The van der Waals surface area contributed by atoms with Crippen LogP contribution in [0.2, 0.25) is 0 Å². The summed E-state index contributed by atoms with van der Waals surface area (Å²) in [6.07, 6.45) is 0. The van der Waals surface area contributed by atoms with Gasteiger partial charge < -0.3 is 4.90 Å². The van der Waals surface area contributed by atoms with E-state index in [1.54, 1.807) is 4.52 Å². The van der Waals surface area contributed by atoms with E-state index in [0.717, 1.165) is 44.1 Å². The lowest BCUT2D eigenvalue weighted by Crippen LogP contribution is -2.49. The van der Waals surface area contributed by atoms with Gasteiger partial charge >= 0.3 is 0 Å². The molecule has 0 unspecified atom stereocenters. The van der Waals surface area contributed by atoms with Crippen LogP contribution in [0.3, 0.4) is 0 Å². The van der Waals surface area contributed by atoms with Crippen LogP contribution < -0.4 is 0 Å². The molecule has 1 aliphatic heterocycles. The summed E-state index contributed by atoms with van der Waals surface area (Å²) in [6.45, 7) is 12.6. The van der Waals surface area contributed by atoms with E-state index in [0.29, 0.717) is 11.7 Å². The van der Waals surface area contributed by atoms with Crippen LogP contribution in [0.1, 0.15) is 35.9 Å². The first-order valence-corrected chi connectivity index (χ1v) is 8.16. The fourth-order valence-corrected chi connectivity index (χ4v) is 3.05. The van der Waals surface area contributed by atoms with Gasteiger partial charge in [-0.25, -0.2) is 9.50 Å². The maximum absolute atomic E-state index is 12.6. The van der Waals surface area contributed by atoms with Crippen molar-refractivity contribution in [1.82, 2.24) is 29.4 Å². The number of hydrogen-bond donors (Lipinski definition) is 0. The molecule has 23 heavy (non-hydrogen) atoms. The Bertz CT molecular complexity index is 715. The van der Waals surface area contributed by atoms with E-state index in [4.69, 9.17) is 0 Å². The molecule has 124 valence electrons. The largest absolute Gasteiger partial charge is 0.333 e. The average Bonchev–Trinajstić information content (AvgIpc) is 2.91. The molecule has 3 rings (SSSR count). The first-order valence-electron chi connectivity index (χ1n) is 8.16. The Morgan fingerprint density at radius 1 is 1.17 bits per heavy atom. The molecule has 1 fully saturated rings. The average molecular weight is 316 g/mol. The molecule has 7 heteroatoms. The summed E-state index contributed by atoms with van der Waals surface area (Å²) in [4.78, 5) is 25.5. The van der Waals surface area contributed by atoms with E-state index < -0.39 is 0 Å². The lowest BCUT2D eigenvalue weighted by atomic mass is 10.2. The molecule has 0 radical (unpaired) electrons. The van der Waals surface area contributed by atoms with E-state index in [1.807, 2.05) is 24.8 Å². The number of aromatic nitrogens is 4. The SMILES string of the molecule is Cc1cc(C)n2nc(C(=O)N3CCN(CC(C)C)CC3)nc2n1. The molecule has 0 aromatic carbocycles. The highest BCUT2D eigenvalue weighted by molar-refractivity contribution is 5.91. The van der Waals surface area contributed by atoms with Gasteiger partial charge in [-0.05, 0) is 25.8 Å².